The Morgan fingerprint density at radius 3 is 3.12 bits per heavy atom. The number of H-pyrrole nitrogens is 1. The molecule has 0 unspecified atom stereocenters. The standard InChI is InChI=1S/C11H8N2O3/c14-13(15)9-5-1-3-7-8-4-2-6-16-11(8)12-10(7)9/h1-5,12H,6H2. The Bertz CT molecular complexity index is 613. The molecule has 0 atom stereocenters. The third-order valence-corrected chi connectivity index (χ3v) is 2.62. The van der Waals surface area contributed by atoms with E-state index < -0.39 is 4.92 Å². The topological polar surface area (TPSA) is 68.2 Å². The fraction of sp³-hybridized carbons (Fsp3) is 0.0909. The van der Waals surface area contributed by atoms with E-state index in [9.17, 15) is 10.1 Å². The minimum absolute atomic E-state index is 0.0731. The largest absolute Gasteiger partial charge is 0.474 e. The molecular formula is C11H8N2O3. The summed E-state index contributed by atoms with van der Waals surface area (Å²) in [6, 6.07) is 5.00. The number of aromatic amines is 1. The van der Waals surface area contributed by atoms with Crippen LogP contribution in [0.3, 0.4) is 0 Å². The average Bonchev–Trinajstić information content (AvgIpc) is 2.67. The molecule has 1 aliphatic rings. The zero-order valence-electron chi connectivity index (χ0n) is 8.27. The van der Waals surface area contributed by atoms with Crippen molar-refractivity contribution in [3.8, 4) is 5.88 Å². The molecule has 0 radical (unpaired) electrons. The Balaban J connectivity index is 2.38. The number of fused-ring (bicyclic) bond motifs is 3. The monoisotopic (exact) mass is 216 g/mol. The molecule has 2 aromatic rings. The first-order valence-electron chi connectivity index (χ1n) is 4.86. The summed E-state index contributed by atoms with van der Waals surface area (Å²) in [5.74, 6) is 0.604. The van der Waals surface area contributed by atoms with E-state index in [-0.39, 0.29) is 5.69 Å². The van der Waals surface area contributed by atoms with Crippen LogP contribution in [0.1, 0.15) is 5.56 Å². The van der Waals surface area contributed by atoms with Gasteiger partial charge in [-0.2, -0.15) is 0 Å². The van der Waals surface area contributed by atoms with Gasteiger partial charge in [0.2, 0.25) is 0 Å². The van der Waals surface area contributed by atoms with Gasteiger partial charge in [0.15, 0.2) is 5.88 Å². The molecule has 16 heavy (non-hydrogen) atoms. The molecule has 0 bridgehead atoms. The van der Waals surface area contributed by atoms with E-state index in [1.807, 2.05) is 18.2 Å². The van der Waals surface area contributed by atoms with Gasteiger partial charge < -0.3 is 9.72 Å². The van der Waals surface area contributed by atoms with Crippen molar-refractivity contribution in [2.75, 3.05) is 6.61 Å². The van der Waals surface area contributed by atoms with E-state index in [0.29, 0.717) is 18.0 Å². The lowest BCUT2D eigenvalue weighted by Crippen LogP contribution is -1.98. The second-order valence-electron chi connectivity index (χ2n) is 3.54. The third kappa shape index (κ3) is 1.11. The van der Waals surface area contributed by atoms with Crippen molar-refractivity contribution in [2.45, 2.75) is 0 Å². The molecule has 2 heterocycles. The predicted octanol–water partition coefficient (Wildman–Crippen LogP) is 2.48. The molecule has 0 spiro atoms. The molecular weight excluding hydrogens is 208 g/mol. The number of nitrogens with zero attached hydrogens (tertiary/aromatic N) is 1. The fourth-order valence-electron chi connectivity index (χ4n) is 1.93. The number of nitro benzene ring substituents is 1. The number of nitro groups is 1. The fourth-order valence-corrected chi connectivity index (χ4v) is 1.93. The summed E-state index contributed by atoms with van der Waals surface area (Å²) in [4.78, 5) is 13.4. The zero-order chi connectivity index (χ0) is 11.1. The highest BCUT2D eigenvalue weighted by atomic mass is 16.6. The maximum absolute atomic E-state index is 10.9. The van der Waals surface area contributed by atoms with Crippen LogP contribution in [0.25, 0.3) is 17.0 Å². The molecule has 1 aliphatic heterocycles. The van der Waals surface area contributed by atoms with Crippen molar-refractivity contribution in [1.82, 2.24) is 4.98 Å². The number of non-ortho nitro benzene ring substituents is 1. The lowest BCUT2D eigenvalue weighted by atomic mass is 10.1. The van der Waals surface area contributed by atoms with Gasteiger partial charge in [-0.3, -0.25) is 10.1 Å². The minimum atomic E-state index is -0.395. The van der Waals surface area contributed by atoms with Gasteiger partial charge in [0.1, 0.15) is 12.1 Å². The highest BCUT2D eigenvalue weighted by molar-refractivity contribution is 5.97. The van der Waals surface area contributed by atoms with E-state index >= 15 is 0 Å². The second kappa shape index (κ2) is 3.10. The van der Waals surface area contributed by atoms with Crippen molar-refractivity contribution in [2.24, 2.45) is 0 Å². The Labute approximate surface area is 90.5 Å². The van der Waals surface area contributed by atoms with Crippen LogP contribution >= 0.6 is 0 Å². The maximum atomic E-state index is 10.9. The Hall–Kier alpha value is -2.30. The summed E-state index contributed by atoms with van der Waals surface area (Å²) in [5.41, 5.74) is 1.47. The van der Waals surface area contributed by atoms with Crippen LogP contribution in [0, 0.1) is 10.1 Å². The SMILES string of the molecule is O=[N+]([O-])c1cccc2c3c([nH]c12)OCC=C3. The second-order valence-corrected chi connectivity index (χ2v) is 3.54. The molecule has 0 saturated heterocycles. The Kier molecular flexibility index (Phi) is 1.73. The lowest BCUT2D eigenvalue weighted by Gasteiger charge is -2.06. The Morgan fingerprint density at radius 1 is 1.44 bits per heavy atom. The van der Waals surface area contributed by atoms with Gasteiger partial charge in [-0.25, -0.2) is 0 Å². The van der Waals surface area contributed by atoms with Crippen LogP contribution in [-0.2, 0) is 0 Å². The summed E-state index contributed by atoms with van der Waals surface area (Å²) < 4.78 is 5.38. The van der Waals surface area contributed by atoms with Crippen LogP contribution < -0.4 is 4.74 Å². The molecule has 0 amide bonds. The lowest BCUT2D eigenvalue weighted by molar-refractivity contribution is -0.383. The number of nitrogens with one attached hydrogen (secondary N) is 1. The van der Waals surface area contributed by atoms with E-state index in [4.69, 9.17) is 4.74 Å². The summed E-state index contributed by atoms with van der Waals surface area (Å²) in [5, 5.41) is 11.7. The van der Waals surface area contributed by atoms with E-state index in [2.05, 4.69) is 4.98 Å². The third-order valence-electron chi connectivity index (χ3n) is 2.62. The number of para-hydroxylation sites is 1. The summed E-state index contributed by atoms with van der Waals surface area (Å²) >= 11 is 0. The molecule has 3 rings (SSSR count). The first kappa shape index (κ1) is 8.96. The van der Waals surface area contributed by atoms with Crippen molar-refractivity contribution in [3.05, 3.63) is 40.0 Å². The number of rotatable bonds is 1. The van der Waals surface area contributed by atoms with Gasteiger partial charge in [0.05, 0.1) is 4.92 Å². The van der Waals surface area contributed by atoms with Crippen molar-refractivity contribution in [3.63, 3.8) is 0 Å². The minimum Gasteiger partial charge on any atom is -0.474 e. The van der Waals surface area contributed by atoms with Gasteiger partial charge in [0.25, 0.3) is 5.69 Å². The van der Waals surface area contributed by atoms with Gasteiger partial charge in [-0.15, -0.1) is 0 Å². The van der Waals surface area contributed by atoms with Crippen molar-refractivity contribution in [1.29, 1.82) is 0 Å². The molecule has 1 N–H and O–H groups in total. The summed E-state index contributed by atoms with van der Waals surface area (Å²) in [6.45, 7) is 0.494. The highest BCUT2D eigenvalue weighted by Gasteiger charge is 2.19. The van der Waals surface area contributed by atoms with Crippen LogP contribution in [0.15, 0.2) is 24.3 Å². The number of hydrogen-bond acceptors (Lipinski definition) is 3. The molecule has 5 nitrogen and oxygen atoms in total. The van der Waals surface area contributed by atoms with Crippen molar-refractivity contribution >= 4 is 22.7 Å². The molecule has 5 heteroatoms. The molecule has 1 aromatic carbocycles. The molecule has 0 fully saturated rings. The molecule has 0 aliphatic carbocycles. The molecule has 0 saturated carbocycles. The van der Waals surface area contributed by atoms with Gasteiger partial charge in [-0.05, 0) is 12.2 Å². The average molecular weight is 216 g/mol. The van der Waals surface area contributed by atoms with Gasteiger partial charge in [-0.1, -0.05) is 12.1 Å². The normalized spacial score (nSPS) is 13.5. The number of aromatic nitrogens is 1. The number of hydrogen-bond donors (Lipinski definition) is 1. The quantitative estimate of drug-likeness (QED) is 0.588. The zero-order valence-corrected chi connectivity index (χ0v) is 8.27. The first-order valence-corrected chi connectivity index (χ1v) is 4.86. The van der Waals surface area contributed by atoms with Gasteiger partial charge in [0, 0.05) is 17.0 Å². The van der Waals surface area contributed by atoms with E-state index in [1.165, 1.54) is 6.07 Å². The Morgan fingerprint density at radius 2 is 2.31 bits per heavy atom. The smallest absolute Gasteiger partial charge is 0.293 e. The number of ether oxygens (including phenoxy) is 1. The van der Waals surface area contributed by atoms with Gasteiger partial charge >= 0.3 is 0 Å². The van der Waals surface area contributed by atoms with Crippen LogP contribution in [0.2, 0.25) is 0 Å². The summed E-state index contributed by atoms with van der Waals surface area (Å²) in [7, 11) is 0. The first-order chi connectivity index (χ1) is 7.77. The number of benzene rings is 1. The van der Waals surface area contributed by atoms with Crippen LogP contribution in [0.5, 0.6) is 5.88 Å². The van der Waals surface area contributed by atoms with Crippen LogP contribution in [-0.4, -0.2) is 16.5 Å². The highest BCUT2D eigenvalue weighted by Crippen LogP contribution is 2.35. The van der Waals surface area contributed by atoms with Crippen molar-refractivity contribution < 1.29 is 9.66 Å². The summed E-state index contributed by atoms with van der Waals surface area (Å²) in [6.07, 6.45) is 3.80. The predicted molar refractivity (Wildman–Crippen MR) is 59.5 cm³/mol. The van der Waals surface area contributed by atoms with E-state index in [1.54, 1.807) is 6.07 Å². The van der Waals surface area contributed by atoms with Crippen LogP contribution in [0.4, 0.5) is 5.69 Å². The van der Waals surface area contributed by atoms with E-state index in [0.717, 1.165) is 10.9 Å². The molecule has 1 aromatic heterocycles. The maximum Gasteiger partial charge on any atom is 0.293 e. The molecule has 80 valence electrons.